The van der Waals surface area contributed by atoms with E-state index in [1.807, 2.05) is 44.2 Å². The summed E-state index contributed by atoms with van der Waals surface area (Å²) in [5.41, 5.74) is 5.43. The highest BCUT2D eigenvalue weighted by atomic mass is 32.2. The minimum Gasteiger partial charge on any atom is -0.466 e. The Bertz CT molecular complexity index is 953. The zero-order valence-electron chi connectivity index (χ0n) is 15.5. The van der Waals surface area contributed by atoms with Gasteiger partial charge in [0.05, 0.1) is 36.0 Å². The molecule has 1 atom stereocenters. The first-order chi connectivity index (χ1) is 13.1. The van der Waals surface area contributed by atoms with Crippen LogP contribution in [0.25, 0.3) is 5.57 Å². The quantitative estimate of drug-likeness (QED) is 0.819. The lowest BCUT2D eigenvalue weighted by molar-refractivity contribution is -0.136. The fourth-order valence-corrected chi connectivity index (χ4v) is 4.82. The average molecular weight is 379 g/mol. The van der Waals surface area contributed by atoms with Crippen LogP contribution in [-0.4, -0.2) is 30.0 Å². The van der Waals surface area contributed by atoms with Crippen LogP contribution < -0.4 is 10.2 Å². The number of hydrogen-bond donors (Lipinski definition) is 1. The van der Waals surface area contributed by atoms with Crippen molar-refractivity contribution in [3.05, 3.63) is 71.3 Å². The van der Waals surface area contributed by atoms with Crippen LogP contribution in [0.4, 0.5) is 5.69 Å². The summed E-state index contributed by atoms with van der Waals surface area (Å²) in [6, 6.07) is 13.9. The predicted octanol–water partition coefficient (Wildman–Crippen LogP) is 3.80. The molecule has 0 saturated heterocycles. The molecule has 0 spiro atoms. The number of pyridine rings is 1. The van der Waals surface area contributed by atoms with E-state index < -0.39 is 0 Å². The highest BCUT2D eigenvalue weighted by Gasteiger charge is 2.40. The zero-order chi connectivity index (χ0) is 19.0. The second kappa shape index (κ2) is 7.12. The van der Waals surface area contributed by atoms with Crippen LogP contribution in [0, 0.1) is 0 Å². The van der Waals surface area contributed by atoms with Crippen molar-refractivity contribution in [1.29, 1.82) is 0 Å². The monoisotopic (exact) mass is 379 g/mol. The number of esters is 1. The predicted molar refractivity (Wildman–Crippen MR) is 108 cm³/mol. The van der Waals surface area contributed by atoms with Crippen molar-refractivity contribution in [3.8, 4) is 0 Å². The van der Waals surface area contributed by atoms with Crippen molar-refractivity contribution in [3.63, 3.8) is 0 Å². The molecule has 0 aliphatic carbocycles. The van der Waals surface area contributed by atoms with Gasteiger partial charge in [0, 0.05) is 28.1 Å². The number of allylic oxidation sites excluding steroid dienone is 2. The minimum atomic E-state index is -0.319. The first-order valence-corrected chi connectivity index (χ1v) is 9.77. The molecule has 0 bridgehead atoms. The zero-order valence-corrected chi connectivity index (χ0v) is 16.3. The fourth-order valence-electron chi connectivity index (χ4n) is 3.75. The molecule has 2 aromatic rings. The third kappa shape index (κ3) is 3.00. The summed E-state index contributed by atoms with van der Waals surface area (Å²) in [5, 5.41) is 3.36. The molecule has 1 aromatic heterocycles. The molecule has 0 amide bonds. The summed E-state index contributed by atoms with van der Waals surface area (Å²) in [6.45, 7) is 3.96. The number of dihydropyridines is 1. The maximum Gasteiger partial charge on any atom is 0.337 e. The van der Waals surface area contributed by atoms with Crippen molar-refractivity contribution in [1.82, 2.24) is 10.3 Å². The molecular weight excluding hydrogens is 358 g/mol. The van der Waals surface area contributed by atoms with E-state index in [9.17, 15) is 4.79 Å². The summed E-state index contributed by atoms with van der Waals surface area (Å²) < 4.78 is 5.14. The summed E-state index contributed by atoms with van der Waals surface area (Å²) >= 11 is 1.78. The smallest absolute Gasteiger partial charge is 0.337 e. The molecule has 2 aliphatic rings. The topological polar surface area (TPSA) is 54.5 Å². The van der Waals surface area contributed by atoms with Gasteiger partial charge in [0.2, 0.25) is 0 Å². The number of thioether (sulfide) groups is 1. The maximum absolute atomic E-state index is 12.7. The Hall–Kier alpha value is -2.73. The number of rotatable bonds is 3. The van der Waals surface area contributed by atoms with Crippen LogP contribution in [0.1, 0.15) is 19.5 Å². The molecule has 3 heterocycles. The molecule has 5 nitrogen and oxygen atoms in total. The lowest BCUT2D eigenvalue weighted by Crippen LogP contribution is -2.44. The Morgan fingerprint density at radius 3 is 2.70 bits per heavy atom. The SMILES string of the molecule is COC(=O)C1=C(C)NC(C)=C(c2ccccn2)C1N1CSc2ccccc21. The van der Waals surface area contributed by atoms with E-state index in [2.05, 4.69) is 27.3 Å². The average Bonchev–Trinajstić information content (AvgIpc) is 3.11. The third-order valence-electron chi connectivity index (χ3n) is 4.92. The molecule has 0 fully saturated rings. The summed E-state index contributed by atoms with van der Waals surface area (Å²) in [7, 11) is 1.43. The van der Waals surface area contributed by atoms with Gasteiger partial charge in [-0.3, -0.25) is 4.98 Å². The van der Waals surface area contributed by atoms with Crippen molar-refractivity contribution in [2.45, 2.75) is 24.8 Å². The number of hydrogen-bond acceptors (Lipinski definition) is 6. The summed E-state index contributed by atoms with van der Waals surface area (Å²) in [5.74, 6) is 0.446. The van der Waals surface area contributed by atoms with Crippen LogP contribution >= 0.6 is 11.8 Å². The van der Waals surface area contributed by atoms with Crippen molar-refractivity contribution >= 4 is 29.0 Å². The van der Waals surface area contributed by atoms with Gasteiger partial charge >= 0.3 is 5.97 Å². The standard InChI is InChI=1S/C21H21N3O2S/c1-13-18(15-8-6-7-11-22-15)20(19(14(2)23-13)21(25)26-3)24-12-27-17-10-5-4-9-16(17)24/h4-11,20,23H,12H2,1-3H3. The number of nitrogens with zero attached hydrogens (tertiary/aromatic N) is 2. The van der Waals surface area contributed by atoms with Gasteiger partial charge in [-0.1, -0.05) is 18.2 Å². The molecule has 2 aliphatic heterocycles. The third-order valence-corrected chi connectivity index (χ3v) is 5.99. The maximum atomic E-state index is 12.7. The number of carbonyl (C=O) groups excluding carboxylic acids is 1. The van der Waals surface area contributed by atoms with Crippen molar-refractivity contribution in [2.24, 2.45) is 0 Å². The van der Waals surface area contributed by atoms with Crippen LogP contribution in [0.15, 0.2) is 70.5 Å². The molecule has 27 heavy (non-hydrogen) atoms. The number of benzene rings is 1. The minimum absolute atomic E-state index is 0.259. The molecule has 0 radical (unpaired) electrons. The van der Waals surface area contributed by atoms with Gasteiger partial charge in [0.15, 0.2) is 0 Å². The summed E-state index contributed by atoms with van der Waals surface area (Å²) in [4.78, 5) is 20.8. The molecule has 0 saturated carbocycles. The molecule has 1 aromatic carbocycles. The van der Waals surface area contributed by atoms with Gasteiger partial charge in [-0.25, -0.2) is 4.79 Å². The van der Waals surface area contributed by atoms with Crippen LogP contribution in [0.5, 0.6) is 0 Å². The summed E-state index contributed by atoms with van der Waals surface area (Å²) in [6.07, 6.45) is 1.78. The molecule has 1 N–H and O–H groups in total. The number of methoxy groups -OCH3 is 1. The van der Waals surface area contributed by atoms with E-state index in [0.717, 1.165) is 34.2 Å². The largest absolute Gasteiger partial charge is 0.466 e. The Balaban J connectivity index is 1.91. The number of fused-ring (bicyclic) bond motifs is 1. The van der Waals surface area contributed by atoms with Gasteiger partial charge in [-0.05, 0) is 38.1 Å². The van der Waals surface area contributed by atoms with E-state index in [-0.39, 0.29) is 12.0 Å². The lowest BCUT2D eigenvalue weighted by atomic mass is 9.88. The van der Waals surface area contributed by atoms with Crippen LogP contribution in [0.2, 0.25) is 0 Å². The second-order valence-electron chi connectivity index (χ2n) is 6.52. The highest BCUT2D eigenvalue weighted by Crippen LogP contribution is 2.45. The van der Waals surface area contributed by atoms with E-state index >= 15 is 0 Å². The molecule has 138 valence electrons. The number of nitrogens with one attached hydrogen (secondary N) is 1. The number of aromatic nitrogens is 1. The Kier molecular flexibility index (Phi) is 4.66. The lowest BCUT2D eigenvalue weighted by Gasteiger charge is -2.37. The van der Waals surface area contributed by atoms with Gasteiger partial charge < -0.3 is 15.0 Å². The van der Waals surface area contributed by atoms with Crippen molar-refractivity contribution < 1.29 is 9.53 Å². The van der Waals surface area contributed by atoms with E-state index in [0.29, 0.717) is 5.57 Å². The Labute approximate surface area is 163 Å². The normalized spacial score (nSPS) is 19.1. The van der Waals surface area contributed by atoms with E-state index in [1.54, 1.807) is 18.0 Å². The molecule has 1 unspecified atom stereocenters. The number of carbonyl (C=O) groups is 1. The fraction of sp³-hybridized carbons (Fsp3) is 0.238. The van der Waals surface area contributed by atoms with Gasteiger partial charge in [-0.2, -0.15) is 0 Å². The molecular formula is C21H21N3O2S. The van der Waals surface area contributed by atoms with Crippen LogP contribution in [-0.2, 0) is 9.53 Å². The Morgan fingerprint density at radius 1 is 1.19 bits per heavy atom. The Morgan fingerprint density at radius 2 is 1.96 bits per heavy atom. The first-order valence-electron chi connectivity index (χ1n) is 8.78. The van der Waals surface area contributed by atoms with Gasteiger partial charge in [0.1, 0.15) is 0 Å². The molecule has 4 rings (SSSR count). The highest BCUT2D eigenvalue weighted by molar-refractivity contribution is 7.99. The van der Waals surface area contributed by atoms with Crippen LogP contribution in [0.3, 0.4) is 0 Å². The van der Waals surface area contributed by atoms with Gasteiger partial charge in [0.25, 0.3) is 0 Å². The number of anilines is 1. The molecule has 6 heteroatoms. The van der Waals surface area contributed by atoms with E-state index in [4.69, 9.17) is 4.74 Å². The van der Waals surface area contributed by atoms with Crippen molar-refractivity contribution in [2.75, 3.05) is 17.9 Å². The first kappa shape index (κ1) is 17.7. The second-order valence-corrected chi connectivity index (χ2v) is 7.51. The number of para-hydroxylation sites is 1. The van der Waals surface area contributed by atoms with E-state index in [1.165, 1.54) is 12.0 Å². The number of ether oxygens (including phenoxy) is 1. The van der Waals surface area contributed by atoms with Gasteiger partial charge in [-0.15, -0.1) is 11.8 Å².